The van der Waals surface area contributed by atoms with Crippen LogP contribution in [0.25, 0.3) is 0 Å². The lowest BCUT2D eigenvalue weighted by Gasteiger charge is -1.80. The van der Waals surface area contributed by atoms with E-state index >= 15 is 0 Å². The molecule has 0 unspecified atom stereocenters. The van der Waals surface area contributed by atoms with Crippen LogP contribution in [-0.4, -0.2) is 5.16 Å². The molecule has 1 rings (SSSR count). The van der Waals surface area contributed by atoms with Crippen LogP contribution in [0.2, 0.25) is 0 Å². The van der Waals surface area contributed by atoms with Gasteiger partial charge in [-0.25, -0.2) is 0 Å². The fourth-order valence-electron chi connectivity index (χ4n) is 0.752. The number of hydrogen-bond acceptors (Lipinski definition) is 3. The molecule has 3 nitrogen and oxygen atoms in total. The second-order valence-electron chi connectivity index (χ2n) is 2.06. The van der Waals surface area contributed by atoms with Crippen LogP contribution < -0.4 is 0 Å². The Morgan fingerprint density at radius 3 is 2.64 bits per heavy atom. The lowest BCUT2D eigenvalue weighted by Crippen LogP contribution is -1.77. The van der Waals surface area contributed by atoms with Crippen molar-refractivity contribution in [1.82, 2.24) is 5.16 Å². The first-order valence-electron chi connectivity index (χ1n) is 3.08. The van der Waals surface area contributed by atoms with E-state index < -0.39 is 0 Å². The number of rotatable bonds is 0. The van der Waals surface area contributed by atoms with E-state index in [4.69, 9.17) is 9.78 Å². The molecule has 0 bridgehead atoms. The largest absolute Gasteiger partial charge is 0.360 e. The Morgan fingerprint density at radius 2 is 2.18 bits per heavy atom. The number of nitriles is 1. The summed E-state index contributed by atoms with van der Waals surface area (Å²) in [7, 11) is 0. The van der Waals surface area contributed by atoms with Gasteiger partial charge in [0, 0.05) is 5.92 Å². The molecule has 11 heavy (non-hydrogen) atoms. The Labute approximate surface area is 64.6 Å². The fourth-order valence-corrected chi connectivity index (χ4v) is 0.752. The maximum absolute atomic E-state index is 8.17. The highest BCUT2D eigenvalue weighted by Gasteiger charge is 2.04. The molecule has 1 heterocycles. The maximum Gasteiger partial charge on any atom is 0.152 e. The van der Waals surface area contributed by atoms with Crippen LogP contribution in [-0.2, 0) is 0 Å². The lowest BCUT2D eigenvalue weighted by atomic mass is 10.2. The van der Waals surface area contributed by atoms with Crippen LogP contribution in [0, 0.1) is 37.0 Å². The van der Waals surface area contributed by atoms with Crippen LogP contribution in [0.5, 0.6) is 0 Å². The molecule has 1 aromatic heterocycles. The van der Waals surface area contributed by atoms with E-state index in [9.17, 15) is 0 Å². The van der Waals surface area contributed by atoms with E-state index in [1.165, 1.54) is 0 Å². The maximum atomic E-state index is 8.17. The van der Waals surface area contributed by atoms with Gasteiger partial charge in [0.05, 0.1) is 11.3 Å². The van der Waals surface area contributed by atoms with E-state index in [0.29, 0.717) is 11.3 Å². The first-order chi connectivity index (χ1) is 5.25. The second-order valence-corrected chi connectivity index (χ2v) is 2.06. The fraction of sp³-hybridized carbons (Fsp3) is 0.250. The van der Waals surface area contributed by atoms with Crippen LogP contribution in [0.4, 0.5) is 0 Å². The molecular formula is C8H6N2O. The van der Waals surface area contributed by atoms with Crippen molar-refractivity contribution in [3.8, 4) is 17.9 Å². The second kappa shape index (κ2) is 2.90. The molecule has 54 valence electrons. The average Bonchev–Trinajstić information content (AvgIpc) is 2.29. The van der Waals surface area contributed by atoms with Crippen molar-refractivity contribution < 1.29 is 4.52 Å². The summed E-state index contributed by atoms with van der Waals surface area (Å²) in [6, 6.07) is 1.73. The first kappa shape index (κ1) is 7.37. The van der Waals surface area contributed by atoms with Gasteiger partial charge in [0.2, 0.25) is 0 Å². The predicted molar refractivity (Wildman–Crippen MR) is 38.5 cm³/mol. The molecule has 1 aromatic rings. The van der Waals surface area contributed by atoms with Gasteiger partial charge in [0.25, 0.3) is 0 Å². The summed E-state index contributed by atoms with van der Waals surface area (Å²) in [6.07, 6.45) is 0. The normalized spacial score (nSPS) is 8.09. The summed E-state index contributed by atoms with van der Waals surface area (Å²) in [4.78, 5) is 0. The topological polar surface area (TPSA) is 49.8 Å². The van der Waals surface area contributed by atoms with Gasteiger partial charge in [-0.15, -0.1) is 0 Å². The van der Waals surface area contributed by atoms with Crippen molar-refractivity contribution >= 4 is 0 Å². The van der Waals surface area contributed by atoms with Crippen LogP contribution >= 0.6 is 0 Å². The van der Waals surface area contributed by atoms with E-state index in [0.717, 1.165) is 5.69 Å². The molecule has 0 saturated heterocycles. The van der Waals surface area contributed by atoms with E-state index in [2.05, 4.69) is 17.0 Å². The molecule has 0 fully saturated rings. The molecule has 3 heteroatoms. The highest BCUT2D eigenvalue weighted by atomic mass is 16.5. The molecule has 0 amide bonds. The molecule has 0 N–H and O–H groups in total. The third-order valence-electron chi connectivity index (χ3n) is 1.28. The van der Waals surface area contributed by atoms with E-state index in [1.807, 2.05) is 0 Å². The third-order valence-corrected chi connectivity index (χ3v) is 1.28. The Kier molecular flexibility index (Phi) is 1.94. The van der Waals surface area contributed by atoms with Crippen molar-refractivity contribution in [2.24, 2.45) is 0 Å². The summed E-state index contributed by atoms with van der Waals surface area (Å²) >= 11 is 0. The monoisotopic (exact) mass is 146 g/mol. The summed E-state index contributed by atoms with van der Waals surface area (Å²) < 4.78 is 4.83. The van der Waals surface area contributed by atoms with Crippen molar-refractivity contribution in [2.75, 3.05) is 0 Å². The smallest absolute Gasteiger partial charge is 0.152 e. The summed E-state index contributed by atoms with van der Waals surface area (Å²) in [5.74, 6) is 5.59. The Balaban J connectivity index is 3.13. The van der Waals surface area contributed by atoms with E-state index in [1.54, 1.807) is 19.9 Å². The summed E-state index contributed by atoms with van der Waals surface area (Å²) in [6.45, 7) is 3.55. The molecule has 0 aliphatic heterocycles. The van der Waals surface area contributed by atoms with Crippen LogP contribution in [0.15, 0.2) is 4.52 Å². The van der Waals surface area contributed by atoms with Crippen molar-refractivity contribution in [3.05, 3.63) is 17.0 Å². The van der Waals surface area contributed by atoms with Crippen molar-refractivity contribution in [3.63, 3.8) is 0 Å². The number of aromatic nitrogens is 1. The molecule has 0 aliphatic carbocycles. The molecule has 0 saturated carbocycles. The van der Waals surface area contributed by atoms with Gasteiger partial charge in [-0.3, -0.25) is 0 Å². The molecule has 0 spiro atoms. The molecule has 0 aliphatic rings. The highest BCUT2D eigenvalue weighted by Crippen LogP contribution is 2.09. The standard InChI is InChI=1S/C8H6N2O/c1-6-8(4-3-5-9)7(2)11-10-6/h1-2H3. The van der Waals surface area contributed by atoms with Gasteiger partial charge in [0.15, 0.2) is 6.07 Å². The van der Waals surface area contributed by atoms with Gasteiger partial charge in [-0.2, -0.15) is 5.26 Å². The summed E-state index contributed by atoms with van der Waals surface area (Å²) in [5, 5.41) is 11.9. The number of aryl methyl sites for hydroxylation is 2. The van der Waals surface area contributed by atoms with Crippen LogP contribution in [0.1, 0.15) is 17.0 Å². The van der Waals surface area contributed by atoms with E-state index in [-0.39, 0.29) is 0 Å². The minimum Gasteiger partial charge on any atom is -0.360 e. The van der Waals surface area contributed by atoms with Gasteiger partial charge in [-0.1, -0.05) is 5.16 Å². The van der Waals surface area contributed by atoms with Gasteiger partial charge in [-0.05, 0) is 19.8 Å². The minimum absolute atomic E-state index is 0.658. The molecular weight excluding hydrogens is 140 g/mol. The third kappa shape index (κ3) is 1.39. The quantitative estimate of drug-likeness (QED) is 0.516. The zero-order valence-electron chi connectivity index (χ0n) is 6.30. The first-order valence-corrected chi connectivity index (χ1v) is 3.08. The number of nitrogens with zero attached hydrogens (tertiary/aromatic N) is 2. The predicted octanol–water partition coefficient (Wildman–Crippen LogP) is 1.17. The van der Waals surface area contributed by atoms with Crippen molar-refractivity contribution in [1.29, 1.82) is 5.26 Å². The SMILES string of the molecule is Cc1noc(C)c1C#CC#N. The number of hydrogen-bond donors (Lipinski definition) is 0. The Bertz CT molecular complexity index is 340. The van der Waals surface area contributed by atoms with Gasteiger partial charge >= 0.3 is 0 Å². The molecule has 0 radical (unpaired) electrons. The van der Waals surface area contributed by atoms with Gasteiger partial charge in [0.1, 0.15) is 5.76 Å². The molecule has 0 aromatic carbocycles. The van der Waals surface area contributed by atoms with Crippen LogP contribution in [0.3, 0.4) is 0 Å². The Hall–Kier alpha value is -1.74. The summed E-state index contributed by atoms with van der Waals surface area (Å²) in [5.41, 5.74) is 1.44. The lowest BCUT2D eigenvalue weighted by molar-refractivity contribution is 0.393. The average molecular weight is 146 g/mol. The zero-order chi connectivity index (χ0) is 8.27. The zero-order valence-corrected chi connectivity index (χ0v) is 6.30. The Morgan fingerprint density at radius 1 is 1.45 bits per heavy atom. The van der Waals surface area contributed by atoms with Crippen molar-refractivity contribution in [2.45, 2.75) is 13.8 Å². The molecule has 0 atom stereocenters. The van der Waals surface area contributed by atoms with Gasteiger partial charge < -0.3 is 4.52 Å². The highest BCUT2D eigenvalue weighted by molar-refractivity contribution is 5.41. The minimum atomic E-state index is 0.658.